The quantitative estimate of drug-likeness (QED) is 0.265. The van der Waals surface area contributed by atoms with Gasteiger partial charge >= 0.3 is 0 Å². The Hall–Kier alpha value is -4.35. The van der Waals surface area contributed by atoms with E-state index in [0.29, 0.717) is 37.6 Å². The van der Waals surface area contributed by atoms with E-state index in [0.717, 1.165) is 47.4 Å². The molecule has 40 heavy (non-hydrogen) atoms. The third kappa shape index (κ3) is 5.65. The second-order valence-corrected chi connectivity index (χ2v) is 9.84. The summed E-state index contributed by atoms with van der Waals surface area (Å²) in [7, 11) is 0. The van der Waals surface area contributed by atoms with Gasteiger partial charge in [-0.2, -0.15) is 0 Å². The lowest BCUT2D eigenvalue weighted by Crippen LogP contribution is -2.35. The van der Waals surface area contributed by atoms with Gasteiger partial charge in [-0.05, 0) is 78.2 Å². The molecule has 11 heteroatoms. The van der Waals surface area contributed by atoms with Crippen LogP contribution in [0.2, 0.25) is 0 Å². The van der Waals surface area contributed by atoms with E-state index in [-0.39, 0.29) is 11.7 Å². The molecule has 5 aromatic rings. The van der Waals surface area contributed by atoms with Crippen molar-refractivity contribution in [1.82, 2.24) is 35.1 Å². The Balaban J connectivity index is 1.50. The predicted octanol–water partition coefficient (Wildman–Crippen LogP) is 3.87. The van der Waals surface area contributed by atoms with Crippen molar-refractivity contribution >= 4 is 10.9 Å². The first-order valence-electron chi connectivity index (χ1n) is 13.5. The first kappa shape index (κ1) is 25.9. The van der Waals surface area contributed by atoms with Gasteiger partial charge in [0.05, 0.1) is 32.1 Å². The number of ether oxygens (including phenoxy) is 2. The predicted molar refractivity (Wildman–Crippen MR) is 147 cm³/mol. The zero-order valence-electron chi connectivity index (χ0n) is 22.3. The van der Waals surface area contributed by atoms with Crippen LogP contribution in [0.3, 0.4) is 0 Å². The zero-order chi connectivity index (χ0) is 27.3. The van der Waals surface area contributed by atoms with Gasteiger partial charge in [-0.15, -0.1) is 5.10 Å². The second kappa shape index (κ2) is 11.8. The van der Waals surface area contributed by atoms with Crippen LogP contribution in [0.25, 0.3) is 10.9 Å². The van der Waals surface area contributed by atoms with Gasteiger partial charge in [0.1, 0.15) is 17.6 Å². The molecule has 206 valence electrons. The van der Waals surface area contributed by atoms with E-state index in [1.807, 2.05) is 61.7 Å². The molecule has 0 aliphatic carbocycles. The van der Waals surface area contributed by atoms with Gasteiger partial charge in [-0.25, -0.2) is 4.68 Å². The van der Waals surface area contributed by atoms with Crippen LogP contribution in [0.4, 0.5) is 0 Å². The van der Waals surface area contributed by atoms with Crippen LogP contribution in [-0.4, -0.2) is 54.4 Å². The van der Waals surface area contributed by atoms with Crippen molar-refractivity contribution in [2.24, 2.45) is 0 Å². The minimum atomic E-state index is -0.606. The minimum absolute atomic E-state index is 0.0170. The van der Waals surface area contributed by atoms with Crippen LogP contribution in [0.15, 0.2) is 76.4 Å². The number of furan rings is 1. The highest BCUT2D eigenvalue weighted by Crippen LogP contribution is 2.31. The molecule has 11 nitrogen and oxygen atoms in total. The average molecular weight is 542 g/mol. The SMILES string of the molecule is CCOc1ccc2[nH]c(=O)c([C@@H](c3nnnn3C[C@@H]3CCCO3)N(Cc3cccnc3)Cc3ccco3)cc2c1. The number of hydrogen-bond donors (Lipinski definition) is 1. The monoisotopic (exact) mass is 541 g/mol. The molecule has 2 atom stereocenters. The Bertz CT molecular complexity index is 1590. The average Bonchev–Trinajstić information content (AvgIpc) is 3.75. The van der Waals surface area contributed by atoms with Crippen LogP contribution < -0.4 is 10.3 Å². The molecule has 0 saturated carbocycles. The highest BCUT2D eigenvalue weighted by atomic mass is 16.5. The topological polar surface area (TPSA) is 124 Å². The van der Waals surface area contributed by atoms with E-state index < -0.39 is 6.04 Å². The largest absolute Gasteiger partial charge is 0.494 e. The number of rotatable bonds is 11. The van der Waals surface area contributed by atoms with E-state index >= 15 is 0 Å². The van der Waals surface area contributed by atoms with Gasteiger partial charge in [0.25, 0.3) is 5.56 Å². The standard InChI is InChI=1S/C29H31N7O4/c1-2-38-22-9-10-26-21(14-22)15-25(29(37)31-26)27(28-32-33-34-36(28)19-24-8-5-13-40-24)35(18-23-7-4-12-39-23)17-20-6-3-11-30-16-20/h3-4,6-7,9-12,14-16,24,27H,2,5,8,13,17-19H2,1H3,(H,31,37)/t24-,27-/m0/s1. The molecule has 0 amide bonds. The number of fused-ring (bicyclic) bond motifs is 1. The minimum Gasteiger partial charge on any atom is -0.494 e. The summed E-state index contributed by atoms with van der Waals surface area (Å²) in [5.74, 6) is 2.04. The number of H-pyrrole nitrogens is 1. The summed E-state index contributed by atoms with van der Waals surface area (Å²) in [5.41, 5.74) is 2.00. The van der Waals surface area contributed by atoms with Gasteiger partial charge in [-0.1, -0.05) is 6.07 Å². The van der Waals surface area contributed by atoms with Gasteiger partial charge in [0.15, 0.2) is 5.82 Å². The molecule has 5 heterocycles. The van der Waals surface area contributed by atoms with Crippen LogP contribution in [0, 0.1) is 0 Å². The Kier molecular flexibility index (Phi) is 7.64. The maximum Gasteiger partial charge on any atom is 0.253 e. The van der Waals surface area contributed by atoms with Crippen LogP contribution in [-0.2, 0) is 24.4 Å². The van der Waals surface area contributed by atoms with Crippen molar-refractivity contribution in [2.75, 3.05) is 13.2 Å². The van der Waals surface area contributed by atoms with Crippen LogP contribution in [0.5, 0.6) is 5.75 Å². The lowest BCUT2D eigenvalue weighted by molar-refractivity contribution is 0.0901. The van der Waals surface area contributed by atoms with Gasteiger partial charge in [0, 0.05) is 42.0 Å². The van der Waals surface area contributed by atoms with Crippen molar-refractivity contribution in [3.8, 4) is 5.75 Å². The van der Waals surface area contributed by atoms with E-state index in [1.54, 1.807) is 17.1 Å². The molecule has 4 aromatic heterocycles. The van der Waals surface area contributed by atoms with Crippen molar-refractivity contribution < 1.29 is 13.9 Å². The zero-order valence-corrected chi connectivity index (χ0v) is 22.3. The molecule has 1 N–H and O–H groups in total. The number of aromatic amines is 1. The number of benzene rings is 1. The number of tetrazole rings is 1. The molecule has 1 aromatic carbocycles. The van der Waals surface area contributed by atoms with E-state index in [9.17, 15) is 4.79 Å². The first-order valence-corrected chi connectivity index (χ1v) is 13.5. The molecule has 6 rings (SSSR count). The van der Waals surface area contributed by atoms with Gasteiger partial charge < -0.3 is 18.9 Å². The number of pyridine rings is 2. The summed E-state index contributed by atoms with van der Waals surface area (Å²) in [6.45, 7) is 4.60. The molecule has 1 saturated heterocycles. The Morgan fingerprint density at radius 1 is 1.20 bits per heavy atom. The fraction of sp³-hybridized carbons (Fsp3) is 0.345. The summed E-state index contributed by atoms with van der Waals surface area (Å²) < 4.78 is 19.1. The summed E-state index contributed by atoms with van der Waals surface area (Å²) in [6, 6.07) is 14.6. The molecular formula is C29H31N7O4. The maximum absolute atomic E-state index is 13.7. The lowest BCUT2D eigenvalue weighted by Gasteiger charge is -2.30. The molecule has 0 bridgehead atoms. The number of nitrogens with one attached hydrogen (secondary N) is 1. The van der Waals surface area contributed by atoms with Crippen LogP contribution >= 0.6 is 0 Å². The molecule has 0 unspecified atom stereocenters. The molecule has 0 spiro atoms. The van der Waals surface area contributed by atoms with Crippen molar-refractivity contribution in [1.29, 1.82) is 0 Å². The fourth-order valence-electron chi connectivity index (χ4n) is 5.25. The fourth-order valence-corrected chi connectivity index (χ4v) is 5.25. The van der Waals surface area contributed by atoms with Gasteiger partial charge in [-0.3, -0.25) is 14.7 Å². The first-order chi connectivity index (χ1) is 19.7. The van der Waals surface area contributed by atoms with Gasteiger partial charge in [0.2, 0.25) is 0 Å². The summed E-state index contributed by atoms with van der Waals surface area (Å²) in [4.78, 5) is 23.3. The Morgan fingerprint density at radius 3 is 2.92 bits per heavy atom. The van der Waals surface area contributed by atoms with Crippen molar-refractivity contribution in [3.05, 3.63) is 100 Å². The van der Waals surface area contributed by atoms with E-state index in [1.165, 1.54) is 0 Å². The van der Waals surface area contributed by atoms with Crippen molar-refractivity contribution in [2.45, 2.75) is 51.5 Å². The van der Waals surface area contributed by atoms with E-state index in [2.05, 4.69) is 30.4 Å². The molecule has 1 aliphatic rings. The van der Waals surface area contributed by atoms with E-state index in [4.69, 9.17) is 13.9 Å². The Labute approximate surface area is 230 Å². The summed E-state index contributed by atoms with van der Waals surface area (Å²) in [5, 5.41) is 13.7. The molecule has 1 fully saturated rings. The number of aromatic nitrogens is 6. The summed E-state index contributed by atoms with van der Waals surface area (Å²) in [6.07, 6.45) is 7.16. The smallest absolute Gasteiger partial charge is 0.253 e. The highest BCUT2D eigenvalue weighted by Gasteiger charge is 2.32. The lowest BCUT2D eigenvalue weighted by atomic mass is 10.0. The highest BCUT2D eigenvalue weighted by molar-refractivity contribution is 5.80. The number of hydrogen-bond acceptors (Lipinski definition) is 9. The number of nitrogens with zero attached hydrogens (tertiary/aromatic N) is 6. The molecular weight excluding hydrogens is 510 g/mol. The molecule has 0 radical (unpaired) electrons. The second-order valence-electron chi connectivity index (χ2n) is 9.84. The van der Waals surface area contributed by atoms with Crippen LogP contribution in [0.1, 0.15) is 48.5 Å². The van der Waals surface area contributed by atoms with Crippen molar-refractivity contribution in [3.63, 3.8) is 0 Å². The Morgan fingerprint density at radius 2 is 2.15 bits per heavy atom. The molecule has 1 aliphatic heterocycles. The summed E-state index contributed by atoms with van der Waals surface area (Å²) >= 11 is 0. The normalized spacial score (nSPS) is 16.1. The maximum atomic E-state index is 13.7. The third-order valence-corrected chi connectivity index (χ3v) is 7.07. The third-order valence-electron chi connectivity index (χ3n) is 7.07.